The van der Waals surface area contributed by atoms with Crippen LogP contribution in [0.15, 0.2) is 72.8 Å². The Bertz CT molecular complexity index is 1140. The number of carbonyl (C=O) groups excluding carboxylic acids is 1. The standard InChI is InChI=1S/C30H31ClN2O/c1-2-33(29-6-4-3-5-7-29)22-24-10-8-23(9-11-24)12-21-30(34)32-28-19-15-26(16-20-28)25-13-17-27(31)18-14-25/h8-11,13-20,29H,2-7,22H2,1H3,(H,32,34). The van der Waals surface area contributed by atoms with E-state index in [2.05, 4.69) is 41.1 Å². The lowest BCUT2D eigenvalue weighted by molar-refractivity contribution is -0.111. The van der Waals surface area contributed by atoms with E-state index in [1.165, 1.54) is 37.7 Å². The molecule has 1 amide bonds. The number of hydrogen-bond acceptors (Lipinski definition) is 2. The molecule has 0 aromatic heterocycles. The van der Waals surface area contributed by atoms with Gasteiger partial charge in [-0.2, -0.15) is 0 Å². The van der Waals surface area contributed by atoms with Crippen molar-refractivity contribution in [1.82, 2.24) is 4.90 Å². The number of hydrogen-bond donors (Lipinski definition) is 1. The Balaban J connectivity index is 1.31. The van der Waals surface area contributed by atoms with Crippen molar-refractivity contribution in [2.24, 2.45) is 0 Å². The summed E-state index contributed by atoms with van der Waals surface area (Å²) in [6.07, 6.45) is 6.71. The second-order valence-corrected chi connectivity index (χ2v) is 9.28. The SMILES string of the molecule is CCN(Cc1ccc(C#CC(=O)Nc2ccc(-c3ccc(Cl)cc3)cc2)cc1)C1CCCCC1. The minimum absolute atomic E-state index is 0.322. The normalized spacial score (nSPS) is 13.9. The summed E-state index contributed by atoms with van der Waals surface area (Å²) in [7, 11) is 0. The molecule has 4 heteroatoms. The molecular weight excluding hydrogens is 440 g/mol. The maximum atomic E-state index is 12.3. The fourth-order valence-corrected chi connectivity index (χ4v) is 4.68. The first kappa shape index (κ1) is 24.1. The molecule has 1 fully saturated rings. The highest BCUT2D eigenvalue weighted by molar-refractivity contribution is 6.30. The number of amides is 1. The molecule has 0 spiro atoms. The second kappa shape index (κ2) is 11.9. The van der Waals surface area contributed by atoms with Gasteiger partial charge in [-0.25, -0.2) is 0 Å². The molecule has 3 nitrogen and oxygen atoms in total. The van der Waals surface area contributed by atoms with Gasteiger partial charge in [0.15, 0.2) is 0 Å². The molecule has 174 valence electrons. The first-order valence-corrected chi connectivity index (χ1v) is 12.5. The molecule has 0 atom stereocenters. The maximum absolute atomic E-state index is 12.3. The van der Waals surface area contributed by atoms with Gasteiger partial charge in [0, 0.05) is 34.8 Å². The number of halogens is 1. The summed E-state index contributed by atoms with van der Waals surface area (Å²) >= 11 is 5.96. The molecule has 1 N–H and O–H groups in total. The molecule has 0 bridgehead atoms. The Morgan fingerprint density at radius 3 is 2.15 bits per heavy atom. The summed E-state index contributed by atoms with van der Waals surface area (Å²) in [5, 5.41) is 3.55. The van der Waals surface area contributed by atoms with E-state index in [4.69, 9.17) is 11.6 Å². The van der Waals surface area contributed by atoms with E-state index in [0.29, 0.717) is 11.1 Å². The predicted molar refractivity (Wildman–Crippen MR) is 142 cm³/mol. The largest absolute Gasteiger partial charge is 0.315 e. The van der Waals surface area contributed by atoms with Gasteiger partial charge >= 0.3 is 5.91 Å². The molecule has 3 aromatic rings. The van der Waals surface area contributed by atoms with Crippen LogP contribution < -0.4 is 5.32 Å². The number of rotatable bonds is 6. The van der Waals surface area contributed by atoms with Crippen LogP contribution in [-0.2, 0) is 11.3 Å². The number of nitrogens with one attached hydrogen (secondary N) is 1. The van der Waals surface area contributed by atoms with Crippen molar-refractivity contribution >= 4 is 23.2 Å². The Morgan fingerprint density at radius 1 is 0.912 bits per heavy atom. The van der Waals surface area contributed by atoms with E-state index in [9.17, 15) is 4.79 Å². The molecule has 1 aliphatic carbocycles. The third kappa shape index (κ3) is 6.73. The molecule has 1 saturated carbocycles. The number of nitrogens with zero attached hydrogens (tertiary/aromatic N) is 1. The summed E-state index contributed by atoms with van der Waals surface area (Å²) in [5.74, 6) is 5.35. The van der Waals surface area contributed by atoms with E-state index in [0.717, 1.165) is 35.5 Å². The van der Waals surface area contributed by atoms with Crippen LogP contribution >= 0.6 is 11.6 Å². The van der Waals surface area contributed by atoms with Crippen molar-refractivity contribution in [3.63, 3.8) is 0 Å². The highest BCUT2D eigenvalue weighted by Crippen LogP contribution is 2.24. The predicted octanol–water partition coefficient (Wildman–Crippen LogP) is 7.15. The summed E-state index contributed by atoms with van der Waals surface area (Å²) < 4.78 is 0. The van der Waals surface area contributed by atoms with Gasteiger partial charge in [0.05, 0.1) is 0 Å². The monoisotopic (exact) mass is 470 g/mol. The van der Waals surface area contributed by atoms with Gasteiger partial charge in [-0.1, -0.05) is 80.1 Å². The van der Waals surface area contributed by atoms with Gasteiger partial charge in [-0.3, -0.25) is 9.69 Å². The molecule has 4 rings (SSSR count). The lowest BCUT2D eigenvalue weighted by atomic mass is 9.94. The van der Waals surface area contributed by atoms with Crippen molar-refractivity contribution in [2.75, 3.05) is 11.9 Å². The fraction of sp³-hybridized carbons (Fsp3) is 0.300. The number of benzene rings is 3. The molecule has 0 unspecified atom stereocenters. The van der Waals surface area contributed by atoms with Crippen LogP contribution in [0.25, 0.3) is 11.1 Å². The van der Waals surface area contributed by atoms with Gasteiger partial charge in [-0.05, 0) is 72.5 Å². The average molecular weight is 471 g/mol. The Kier molecular flexibility index (Phi) is 8.41. The first-order chi connectivity index (χ1) is 16.6. The van der Waals surface area contributed by atoms with Gasteiger partial charge < -0.3 is 5.32 Å². The smallest absolute Gasteiger partial charge is 0.300 e. The molecule has 0 aliphatic heterocycles. The Morgan fingerprint density at radius 2 is 1.53 bits per heavy atom. The van der Waals surface area contributed by atoms with Gasteiger partial charge in [0.25, 0.3) is 0 Å². The zero-order valence-electron chi connectivity index (χ0n) is 19.7. The lowest BCUT2D eigenvalue weighted by Gasteiger charge is -2.33. The fourth-order valence-electron chi connectivity index (χ4n) is 4.55. The second-order valence-electron chi connectivity index (χ2n) is 8.84. The highest BCUT2D eigenvalue weighted by Gasteiger charge is 2.19. The lowest BCUT2D eigenvalue weighted by Crippen LogP contribution is -2.36. The maximum Gasteiger partial charge on any atom is 0.300 e. The van der Waals surface area contributed by atoms with Crippen LogP contribution in [0.5, 0.6) is 0 Å². The number of carbonyl (C=O) groups is 1. The van der Waals surface area contributed by atoms with Crippen molar-refractivity contribution in [3.05, 3.63) is 88.9 Å². The number of anilines is 1. The van der Waals surface area contributed by atoms with E-state index >= 15 is 0 Å². The average Bonchev–Trinajstić information content (AvgIpc) is 2.88. The van der Waals surface area contributed by atoms with Crippen LogP contribution in [0.1, 0.15) is 50.2 Å². The van der Waals surface area contributed by atoms with Crippen molar-refractivity contribution < 1.29 is 4.79 Å². The minimum atomic E-state index is -0.322. The van der Waals surface area contributed by atoms with Crippen molar-refractivity contribution in [1.29, 1.82) is 0 Å². The molecule has 0 radical (unpaired) electrons. The molecule has 1 aliphatic rings. The summed E-state index contributed by atoms with van der Waals surface area (Å²) in [5.41, 5.74) is 4.99. The first-order valence-electron chi connectivity index (χ1n) is 12.1. The third-order valence-corrected chi connectivity index (χ3v) is 6.73. The van der Waals surface area contributed by atoms with Crippen LogP contribution in [0.2, 0.25) is 5.02 Å². The van der Waals surface area contributed by atoms with Crippen molar-refractivity contribution in [2.45, 2.75) is 51.6 Å². The quantitative estimate of drug-likeness (QED) is 0.388. The van der Waals surface area contributed by atoms with Gasteiger partial charge in [0.2, 0.25) is 0 Å². The van der Waals surface area contributed by atoms with Gasteiger partial charge in [0.1, 0.15) is 0 Å². The highest BCUT2D eigenvalue weighted by atomic mass is 35.5. The Hall–Kier alpha value is -3.06. The van der Waals surface area contributed by atoms with Crippen LogP contribution in [0, 0.1) is 11.8 Å². The van der Waals surface area contributed by atoms with Crippen molar-refractivity contribution in [3.8, 4) is 23.0 Å². The molecule has 0 saturated heterocycles. The van der Waals surface area contributed by atoms with E-state index in [-0.39, 0.29) is 5.91 Å². The molecule has 0 heterocycles. The minimum Gasteiger partial charge on any atom is -0.315 e. The van der Waals surface area contributed by atoms with Crippen LogP contribution in [0.3, 0.4) is 0 Å². The van der Waals surface area contributed by atoms with Gasteiger partial charge in [-0.15, -0.1) is 0 Å². The topological polar surface area (TPSA) is 32.3 Å². The third-order valence-electron chi connectivity index (χ3n) is 6.48. The Labute approximate surface area is 208 Å². The summed E-state index contributed by atoms with van der Waals surface area (Å²) in [6.45, 7) is 4.30. The molecule has 34 heavy (non-hydrogen) atoms. The zero-order valence-corrected chi connectivity index (χ0v) is 20.4. The van der Waals surface area contributed by atoms with Crippen LogP contribution in [0.4, 0.5) is 5.69 Å². The van der Waals surface area contributed by atoms with Crippen LogP contribution in [-0.4, -0.2) is 23.4 Å². The molecule has 3 aromatic carbocycles. The van der Waals surface area contributed by atoms with E-state index in [1.807, 2.05) is 60.7 Å². The zero-order chi connectivity index (χ0) is 23.8. The van der Waals surface area contributed by atoms with E-state index in [1.54, 1.807) is 0 Å². The summed E-state index contributed by atoms with van der Waals surface area (Å²) in [4.78, 5) is 14.9. The summed E-state index contributed by atoms with van der Waals surface area (Å²) in [6, 6.07) is 24.4. The molecular formula is C30H31ClN2O. The van der Waals surface area contributed by atoms with E-state index < -0.39 is 0 Å².